The second kappa shape index (κ2) is 5.82. The third-order valence-corrected chi connectivity index (χ3v) is 3.52. The van der Waals surface area contributed by atoms with Crippen LogP contribution >= 0.6 is 28.1 Å². The Bertz CT molecular complexity index is 526. The van der Waals surface area contributed by atoms with Crippen molar-refractivity contribution in [2.24, 2.45) is 5.73 Å². The number of morpholine rings is 1. The average molecular weight is 370 g/mol. The number of thiocarbonyl (C=S) groups is 1. The molecule has 0 radical (unpaired) electrons. The van der Waals surface area contributed by atoms with Crippen molar-refractivity contribution >= 4 is 39.0 Å². The fraction of sp³-hybridized carbons (Fsp3) is 0.455. The first kappa shape index (κ1) is 15.5. The van der Waals surface area contributed by atoms with Crippen molar-refractivity contribution in [3.63, 3.8) is 0 Å². The molecule has 0 amide bonds. The van der Waals surface area contributed by atoms with E-state index in [0.29, 0.717) is 6.54 Å². The molecule has 1 fully saturated rings. The van der Waals surface area contributed by atoms with E-state index >= 15 is 0 Å². The van der Waals surface area contributed by atoms with Crippen LogP contribution < -0.4 is 10.6 Å². The molecule has 1 aromatic heterocycles. The topological polar surface area (TPSA) is 51.4 Å². The molecule has 2 rings (SSSR count). The van der Waals surface area contributed by atoms with E-state index in [4.69, 9.17) is 22.7 Å². The van der Waals surface area contributed by atoms with Crippen molar-refractivity contribution in [2.75, 3.05) is 24.6 Å². The zero-order valence-corrected chi connectivity index (χ0v) is 12.6. The molecule has 1 aliphatic heterocycles. The molecule has 1 saturated heterocycles. The Kier molecular flexibility index (Phi) is 4.50. The molecule has 9 heteroatoms. The molecule has 4 nitrogen and oxygen atoms in total. The lowest BCUT2D eigenvalue weighted by atomic mass is 10.2. The van der Waals surface area contributed by atoms with Gasteiger partial charge in [-0.25, -0.2) is 4.98 Å². The van der Waals surface area contributed by atoms with E-state index in [1.165, 1.54) is 11.1 Å². The van der Waals surface area contributed by atoms with Crippen molar-refractivity contribution in [2.45, 2.75) is 12.3 Å². The molecule has 110 valence electrons. The Hall–Kier alpha value is -0.930. The molecule has 1 unspecified atom stereocenters. The van der Waals surface area contributed by atoms with Gasteiger partial charge in [0, 0.05) is 17.2 Å². The Balaban J connectivity index is 2.35. The molecule has 20 heavy (non-hydrogen) atoms. The number of aromatic nitrogens is 1. The number of alkyl halides is 3. The third-order valence-electron chi connectivity index (χ3n) is 2.82. The van der Waals surface area contributed by atoms with Gasteiger partial charge in [0.2, 0.25) is 0 Å². The number of hydrogen-bond acceptors (Lipinski definition) is 4. The van der Waals surface area contributed by atoms with Gasteiger partial charge in [-0.2, -0.15) is 13.2 Å². The SMILES string of the molecule is NC(=S)C1CN(c2ncc(Br)cc2C(F)(F)F)CCO1. The highest BCUT2D eigenvalue weighted by Crippen LogP contribution is 2.37. The minimum Gasteiger partial charge on any atom is -0.391 e. The highest BCUT2D eigenvalue weighted by atomic mass is 79.9. The summed E-state index contributed by atoms with van der Waals surface area (Å²) in [6, 6.07) is 1.01. The second-order valence-corrected chi connectivity index (χ2v) is 5.62. The number of ether oxygens (including phenoxy) is 1. The average Bonchev–Trinajstić information content (AvgIpc) is 2.37. The van der Waals surface area contributed by atoms with Crippen molar-refractivity contribution < 1.29 is 17.9 Å². The number of halogens is 4. The van der Waals surface area contributed by atoms with Crippen LogP contribution in [0.15, 0.2) is 16.7 Å². The van der Waals surface area contributed by atoms with Gasteiger partial charge in [0.25, 0.3) is 0 Å². The lowest BCUT2D eigenvalue weighted by Crippen LogP contribution is -2.48. The van der Waals surface area contributed by atoms with Crippen LogP contribution in [-0.2, 0) is 10.9 Å². The van der Waals surface area contributed by atoms with Crippen LogP contribution in [0.3, 0.4) is 0 Å². The van der Waals surface area contributed by atoms with Crippen molar-refractivity contribution in [3.05, 3.63) is 22.3 Å². The van der Waals surface area contributed by atoms with Crippen LogP contribution in [0.2, 0.25) is 0 Å². The number of hydrogen-bond donors (Lipinski definition) is 1. The van der Waals surface area contributed by atoms with Crippen LogP contribution in [0.1, 0.15) is 5.56 Å². The summed E-state index contributed by atoms with van der Waals surface area (Å²) in [5, 5.41) is 0. The lowest BCUT2D eigenvalue weighted by molar-refractivity contribution is -0.137. The largest absolute Gasteiger partial charge is 0.419 e. The van der Waals surface area contributed by atoms with Gasteiger partial charge in [0.1, 0.15) is 16.9 Å². The van der Waals surface area contributed by atoms with Crippen molar-refractivity contribution in [1.29, 1.82) is 0 Å². The molecule has 2 heterocycles. The minimum absolute atomic E-state index is 0.125. The first-order valence-electron chi connectivity index (χ1n) is 5.67. The molecule has 1 aliphatic rings. The van der Waals surface area contributed by atoms with Gasteiger partial charge in [-0.1, -0.05) is 12.2 Å². The van der Waals surface area contributed by atoms with E-state index in [9.17, 15) is 13.2 Å². The van der Waals surface area contributed by atoms with E-state index in [0.717, 1.165) is 6.07 Å². The Morgan fingerprint density at radius 1 is 1.55 bits per heavy atom. The Labute approximate surface area is 127 Å². The summed E-state index contributed by atoms with van der Waals surface area (Å²) in [7, 11) is 0. The maximum Gasteiger partial charge on any atom is 0.419 e. The zero-order valence-electron chi connectivity index (χ0n) is 10.2. The quantitative estimate of drug-likeness (QED) is 0.811. The van der Waals surface area contributed by atoms with E-state index in [-0.39, 0.29) is 28.4 Å². The number of anilines is 1. The summed E-state index contributed by atoms with van der Waals surface area (Å²) >= 11 is 7.82. The number of rotatable bonds is 2. The molecule has 0 aromatic carbocycles. The molecule has 0 aliphatic carbocycles. The van der Waals surface area contributed by atoms with E-state index < -0.39 is 17.8 Å². The van der Waals surface area contributed by atoms with E-state index in [1.807, 2.05) is 0 Å². The smallest absolute Gasteiger partial charge is 0.391 e. The fourth-order valence-corrected chi connectivity index (χ4v) is 2.38. The highest BCUT2D eigenvalue weighted by molar-refractivity contribution is 9.10. The summed E-state index contributed by atoms with van der Waals surface area (Å²) in [4.78, 5) is 5.50. The highest BCUT2D eigenvalue weighted by Gasteiger charge is 2.37. The monoisotopic (exact) mass is 369 g/mol. The van der Waals surface area contributed by atoms with Crippen molar-refractivity contribution in [1.82, 2.24) is 4.98 Å². The van der Waals surface area contributed by atoms with E-state index in [2.05, 4.69) is 20.9 Å². The number of nitrogens with zero attached hydrogens (tertiary/aromatic N) is 2. The predicted octanol–water partition coefficient (Wildman–Crippen LogP) is 2.35. The maximum atomic E-state index is 13.1. The number of nitrogens with two attached hydrogens (primary N) is 1. The molecule has 0 spiro atoms. The first-order chi connectivity index (χ1) is 9.29. The molecule has 0 saturated carbocycles. The van der Waals surface area contributed by atoms with Crippen LogP contribution in [0.25, 0.3) is 0 Å². The van der Waals surface area contributed by atoms with E-state index in [1.54, 1.807) is 0 Å². The van der Waals surface area contributed by atoms with Gasteiger partial charge in [-0.15, -0.1) is 0 Å². The minimum atomic E-state index is -4.48. The molecular weight excluding hydrogens is 359 g/mol. The fourth-order valence-electron chi connectivity index (χ4n) is 1.91. The van der Waals surface area contributed by atoms with Gasteiger partial charge < -0.3 is 15.4 Å². The van der Waals surface area contributed by atoms with Gasteiger partial charge >= 0.3 is 6.18 Å². The van der Waals surface area contributed by atoms with Gasteiger partial charge in [0.15, 0.2) is 0 Å². The van der Waals surface area contributed by atoms with Gasteiger partial charge in [-0.05, 0) is 22.0 Å². The van der Waals surface area contributed by atoms with Crippen LogP contribution in [0, 0.1) is 0 Å². The van der Waals surface area contributed by atoms with Crippen molar-refractivity contribution in [3.8, 4) is 0 Å². The summed E-state index contributed by atoms with van der Waals surface area (Å²) in [6.07, 6.45) is -3.72. The van der Waals surface area contributed by atoms with Gasteiger partial charge in [0.05, 0.1) is 18.7 Å². The predicted molar refractivity (Wildman–Crippen MR) is 75.7 cm³/mol. The molecule has 0 bridgehead atoms. The summed E-state index contributed by atoms with van der Waals surface area (Å²) in [5.74, 6) is -0.134. The molecule has 1 aromatic rings. The van der Waals surface area contributed by atoms with Crippen LogP contribution in [0.5, 0.6) is 0 Å². The molecule has 2 N–H and O–H groups in total. The maximum absolute atomic E-state index is 13.1. The summed E-state index contributed by atoms with van der Waals surface area (Å²) in [5.41, 5.74) is 4.69. The molecule has 1 atom stereocenters. The third kappa shape index (κ3) is 3.39. The Morgan fingerprint density at radius 3 is 2.85 bits per heavy atom. The lowest BCUT2D eigenvalue weighted by Gasteiger charge is -2.34. The standard InChI is InChI=1S/C11H11BrF3N3OS/c12-6-3-7(11(13,14)15)10(17-4-6)18-1-2-19-8(5-18)9(16)20/h3-4,8H,1-2,5H2,(H2,16,20). The number of pyridine rings is 1. The zero-order chi connectivity index (χ0) is 14.9. The van der Waals surface area contributed by atoms with Crippen LogP contribution in [0.4, 0.5) is 19.0 Å². The molecular formula is C11H11BrF3N3OS. The van der Waals surface area contributed by atoms with Gasteiger partial charge in [-0.3, -0.25) is 0 Å². The second-order valence-electron chi connectivity index (χ2n) is 4.23. The first-order valence-corrected chi connectivity index (χ1v) is 6.88. The summed E-state index contributed by atoms with van der Waals surface area (Å²) < 4.78 is 44.8. The normalized spacial score (nSPS) is 20.0. The van der Waals surface area contributed by atoms with Crippen LogP contribution in [-0.4, -0.2) is 35.8 Å². The summed E-state index contributed by atoms with van der Waals surface area (Å²) in [6.45, 7) is 0.709. The Morgan fingerprint density at radius 2 is 2.25 bits per heavy atom.